The molecule has 1 aromatic heterocycles. The largest absolute Gasteiger partial charge is 0.381 e. The molecule has 0 unspecified atom stereocenters. The average molecular weight is 337 g/mol. The third-order valence-corrected chi connectivity index (χ3v) is 4.75. The number of nitrogens with one attached hydrogen (secondary N) is 2. The monoisotopic (exact) mass is 337 g/mol. The maximum absolute atomic E-state index is 11.8. The molecule has 0 saturated carbocycles. The zero-order valence-electron chi connectivity index (χ0n) is 14.2. The third-order valence-electron chi connectivity index (χ3n) is 4.75. The molecule has 6 nitrogen and oxygen atoms in total. The molecule has 0 bridgehead atoms. The first-order valence-corrected chi connectivity index (χ1v) is 8.89. The van der Waals surface area contributed by atoms with E-state index >= 15 is 0 Å². The van der Waals surface area contributed by atoms with Gasteiger partial charge in [0.25, 0.3) is 0 Å². The number of aromatic nitrogens is 1. The second-order valence-electron chi connectivity index (χ2n) is 6.51. The second kappa shape index (κ2) is 7.01. The second-order valence-corrected chi connectivity index (χ2v) is 6.51. The number of hydrogen-bond donors (Lipinski definition) is 2. The highest BCUT2D eigenvalue weighted by Gasteiger charge is 2.21. The number of urea groups is 1. The molecule has 3 heterocycles. The van der Waals surface area contributed by atoms with Gasteiger partial charge in [0, 0.05) is 50.3 Å². The molecule has 2 aromatic rings. The molecule has 0 aliphatic carbocycles. The van der Waals surface area contributed by atoms with Gasteiger partial charge < -0.3 is 15.5 Å². The van der Waals surface area contributed by atoms with Crippen molar-refractivity contribution in [2.75, 3.05) is 41.3 Å². The molecule has 1 aromatic carbocycles. The Labute approximate surface area is 147 Å². The number of anilines is 3. The first-order chi connectivity index (χ1) is 12.3. The van der Waals surface area contributed by atoms with Crippen molar-refractivity contribution in [3.8, 4) is 0 Å². The third kappa shape index (κ3) is 3.52. The molecule has 4 rings (SSSR count). The van der Waals surface area contributed by atoms with E-state index in [2.05, 4.69) is 32.7 Å². The van der Waals surface area contributed by atoms with Crippen LogP contribution in [0.4, 0.5) is 22.0 Å². The van der Waals surface area contributed by atoms with Crippen molar-refractivity contribution >= 4 is 23.2 Å². The molecule has 0 spiro atoms. The van der Waals surface area contributed by atoms with E-state index < -0.39 is 0 Å². The van der Waals surface area contributed by atoms with Gasteiger partial charge in [-0.15, -0.1) is 0 Å². The molecule has 2 saturated heterocycles. The van der Waals surface area contributed by atoms with Crippen molar-refractivity contribution in [1.82, 2.24) is 10.3 Å². The summed E-state index contributed by atoms with van der Waals surface area (Å²) in [7, 11) is 0. The van der Waals surface area contributed by atoms with Crippen molar-refractivity contribution in [3.63, 3.8) is 0 Å². The summed E-state index contributed by atoms with van der Waals surface area (Å²) in [5.74, 6) is 1.07. The normalized spacial score (nSPS) is 17.0. The van der Waals surface area contributed by atoms with Gasteiger partial charge in [-0.3, -0.25) is 4.90 Å². The maximum atomic E-state index is 11.8. The van der Waals surface area contributed by atoms with Crippen LogP contribution in [0.2, 0.25) is 0 Å². The lowest BCUT2D eigenvalue weighted by Gasteiger charge is -2.17. The Morgan fingerprint density at radius 1 is 1.12 bits per heavy atom. The zero-order chi connectivity index (χ0) is 17.1. The molecular formula is C19H23N5O. The topological polar surface area (TPSA) is 60.5 Å². The Morgan fingerprint density at radius 3 is 2.72 bits per heavy atom. The van der Waals surface area contributed by atoms with E-state index in [1.807, 2.05) is 30.5 Å². The minimum atomic E-state index is -0.0288. The van der Waals surface area contributed by atoms with Crippen molar-refractivity contribution in [1.29, 1.82) is 0 Å². The first kappa shape index (κ1) is 15.7. The molecule has 2 fully saturated rings. The Morgan fingerprint density at radius 2 is 2.00 bits per heavy atom. The summed E-state index contributed by atoms with van der Waals surface area (Å²) in [4.78, 5) is 20.5. The maximum Gasteiger partial charge on any atom is 0.321 e. The summed E-state index contributed by atoms with van der Waals surface area (Å²) in [5, 5.41) is 6.24. The predicted molar refractivity (Wildman–Crippen MR) is 100 cm³/mol. The van der Waals surface area contributed by atoms with Crippen molar-refractivity contribution in [3.05, 3.63) is 48.2 Å². The smallest absolute Gasteiger partial charge is 0.321 e. The Kier molecular flexibility index (Phi) is 4.41. The van der Waals surface area contributed by atoms with Crippen LogP contribution in [0, 0.1) is 0 Å². The summed E-state index contributed by atoms with van der Waals surface area (Å²) in [6.45, 7) is 4.35. The van der Waals surface area contributed by atoms with E-state index in [0.29, 0.717) is 19.6 Å². The van der Waals surface area contributed by atoms with Crippen molar-refractivity contribution in [2.45, 2.75) is 19.4 Å². The lowest BCUT2D eigenvalue weighted by Crippen LogP contribution is -2.27. The van der Waals surface area contributed by atoms with Crippen LogP contribution < -0.4 is 20.4 Å². The number of carbonyl (C=O) groups excluding carboxylic acids is 1. The average Bonchev–Trinajstić information content (AvgIpc) is 3.32. The zero-order valence-corrected chi connectivity index (χ0v) is 14.2. The van der Waals surface area contributed by atoms with E-state index in [4.69, 9.17) is 0 Å². The fourth-order valence-corrected chi connectivity index (χ4v) is 3.36. The number of hydrogen-bond acceptors (Lipinski definition) is 4. The molecule has 0 atom stereocenters. The number of amides is 2. The highest BCUT2D eigenvalue weighted by Crippen LogP contribution is 2.22. The van der Waals surface area contributed by atoms with Gasteiger partial charge in [0.15, 0.2) is 0 Å². The van der Waals surface area contributed by atoms with Crippen LogP contribution in [-0.4, -0.2) is 37.2 Å². The van der Waals surface area contributed by atoms with Crippen LogP contribution >= 0.6 is 0 Å². The van der Waals surface area contributed by atoms with Crippen molar-refractivity contribution in [2.24, 2.45) is 0 Å². The van der Waals surface area contributed by atoms with E-state index in [9.17, 15) is 4.79 Å². The van der Waals surface area contributed by atoms with Crippen LogP contribution in [0.15, 0.2) is 42.6 Å². The summed E-state index contributed by atoms with van der Waals surface area (Å²) in [5.41, 5.74) is 3.07. The van der Waals surface area contributed by atoms with Gasteiger partial charge >= 0.3 is 6.03 Å². The van der Waals surface area contributed by atoms with Crippen molar-refractivity contribution < 1.29 is 4.79 Å². The number of benzene rings is 1. The van der Waals surface area contributed by atoms with E-state index in [-0.39, 0.29) is 6.03 Å². The van der Waals surface area contributed by atoms with Gasteiger partial charge in [-0.2, -0.15) is 0 Å². The standard InChI is InChI=1S/C19H23N5O/c25-19-20-8-11-24(19)17-5-3-4-16(12-17)21-13-15-6-7-18(22-14-15)23-9-1-2-10-23/h3-7,12,14,21H,1-2,8-11,13H2,(H,20,25). The molecule has 25 heavy (non-hydrogen) atoms. The highest BCUT2D eigenvalue weighted by molar-refractivity contribution is 5.94. The van der Waals surface area contributed by atoms with Crippen LogP contribution in [0.3, 0.4) is 0 Å². The molecule has 2 aliphatic rings. The van der Waals surface area contributed by atoms with E-state index in [1.54, 1.807) is 4.90 Å². The molecule has 2 N–H and O–H groups in total. The number of carbonyl (C=O) groups is 1. The molecular weight excluding hydrogens is 314 g/mol. The highest BCUT2D eigenvalue weighted by atomic mass is 16.2. The fraction of sp³-hybridized carbons (Fsp3) is 0.368. The molecule has 0 radical (unpaired) electrons. The molecule has 6 heteroatoms. The fourth-order valence-electron chi connectivity index (χ4n) is 3.36. The minimum absolute atomic E-state index is 0.0288. The lowest BCUT2D eigenvalue weighted by molar-refractivity contribution is 0.252. The SMILES string of the molecule is O=C1NCCN1c1cccc(NCc2ccc(N3CCCC3)nc2)c1. The predicted octanol–water partition coefficient (Wildman–Crippen LogP) is 2.82. The number of nitrogens with zero attached hydrogens (tertiary/aromatic N) is 3. The Bertz CT molecular complexity index is 740. The van der Waals surface area contributed by atoms with E-state index in [0.717, 1.165) is 35.8 Å². The molecule has 130 valence electrons. The van der Waals surface area contributed by atoms with Gasteiger partial charge in [0.2, 0.25) is 0 Å². The van der Waals surface area contributed by atoms with Crippen LogP contribution in [0.1, 0.15) is 18.4 Å². The lowest BCUT2D eigenvalue weighted by atomic mass is 10.2. The summed E-state index contributed by atoms with van der Waals surface area (Å²) in [6.07, 6.45) is 4.46. The quantitative estimate of drug-likeness (QED) is 0.881. The van der Waals surface area contributed by atoms with Gasteiger partial charge in [-0.1, -0.05) is 12.1 Å². The van der Waals surface area contributed by atoms with Gasteiger partial charge in [-0.05, 0) is 42.7 Å². The number of rotatable bonds is 5. The number of pyridine rings is 1. The first-order valence-electron chi connectivity index (χ1n) is 8.89. The summed E-state index contributed by atoms with van der Waals surface area (Å²) < 4.78 is 0. The Hall–Kier alpha value is -2.76. The van der Waals surface area contributed by atoms with Gasteiger partial charge in [0.1, 0.15) is 5.82 Å². The molecule has 2 aliphatic heterocycles. The van der Waals surface area contributed by atoms with Crippen LogP contribution in [0.5, 0.6) is 0 Å². The minimum Gasteiger partial charge on any atom is -0.381 e. The van der Waals surface area contributed by atoms with Gasteiger partial charge in [0.05, 0.1) is 0 Å². The Balaban J connectivity index is 1.38. The molecule has 2 amide bonds. The van der Waals surface area contributed by atoms with E-state index in [1.165, 1.54) is 12.8 Å². The summed E-state index contributed by atoms with van der Waals surface area (Å²) >= 11 is 0. The summed E-state index contributed by atoms with van der Waals surface area (Å²) in [6, 6.07) is 12.2. The van der Waals surface area contributed by atoms with Gasteiger partial charge in [-0.25, -0.2) is 9.78 Å². The van der Waals surface area contributed by atoms with Crippen LogP contribution in [-0.2, 0) is 6.54 Å². The van der Waals surface area contributed by atoms with Crippen LogP contribution in [0.25, 0.3) is 0 Å².